The van der Waals surface area contributed by atoms with Crippen molar-refractivity contribution in [3.8, 4) is 0 Å². The average molecular weight is 372 g/mol. The number of ether oxygens (including phenoxy) is 1. The monoisotopic (exact) mass is 372 g/mol. The zero-order valence-corrected chi connectivity index (χ0v) is 15.7. The van der Waals surface area contributed by atoms with E-state index in [0.29, 0.717) is 13.2 Å². The number of amides is 2. The highest BCUT2D eigenvalue weighted by molar-refractivity contribution is 5.75. The second-order valence-corrected chi connectivity index (χ2v) is 7.01. The van der Waals surface area contributed by atoms with Gasteiger partial charge in [-0.25, -0.2) is 4.79 Å². The molecule has 1 atom stereocenters. The molecule has 0 bridgehead atoms. The molecule has 0 fully saturated rings. The molecule has 0 saturated carbocycles. The van der Waals surface area contributed by atoms with E-state index in [1.807, 2.05) is 72.8 Å². The van der Waals surface area contributed by atoms with Crippen molar-refractivity contribution < 1.29 is 9.53 Å². The Morgan fingerprint density at radius 3 is 2.07 bits per heavy atom. The molecule has 4 heteroatoms. The van der Waals surface area contributed by atoms with Crippen molar-refractivity contribution in [1.29, 1.82) is 0 Å². The Morgan fingerprint density at radius 1 is 0.857 bits per heavy atom. The number of hydrogen-bond donors (Lipinski definition) is 2. The first-order valence-corrected chi connectivity index (χ1v) is 9.62. The Balaban J connectivity index is 1.39. The maximum atomic E-state index is 12.6. The highest BCUT2D eigenvalue weighted by Gasteiger charge is 2.21. The summed E-state index contributed by atoms with van der Waals surface area (Å²) in [4.78, 5) is 12.6. The maximum absolute atomic E-state index is 12.6. The molecule has 1 aliphatic rings. The Labute approximate surface area is 165 Å². The van der Waals surface area contributed by atoms with Crippen LogP contribution >= 0.6 is 0 Å². The fourth-order valence-corrected chi connectivity index (χ4v) is 3.58. The Kier molecular flexibility index (Phi) is 5.69. The van der Waals surface area contributed by atoms with Crippen molar-refractivity contribution in [1.82, 2.24) is 10.6 Å². The fraction of sp³-hybridized carbons (Fsp3) is 0.208. The highest BCUT2D eigenvalue weighted by Crippen LogP contribution is 2.22. The first kappa shape index (κ1) is 18.3. The van der Waals surface area contributed by atoms with Crippen LogP contribution in [0.15, 0.2) is 84.9 Å². The van der Waals surface area contributed by atoms with Crippen LogP contribution in [0.4, 0.5) is 4.79 Å². The minimum atomic E-state index is -0.199. The van der Waals surface area contributed by atoms with E-state index in [2.05, 4.69) is 22.8 Å². The van der Waals surface area contributed by atoms with Crippen LogP contribution in [0.1, 0.15) is 28.3 Å². The minimum absolute atomic E-state index is 0.00690. The first-order chi connectivity index (χ1) is 13.8. The van der Waals surface area contributed by atoms with Crippen molar-refractivity contribution in [3.63, 3.8) is 0 Å². The van der Waals surface area contributed by atoms with Gasteiger partial charge in [0.05, 0.1) is 18.8 Å². The molecule has 4 nitrogen and oxygen atoms in total. The van der Waals surface area contributed by atoms with Crippen LogP contribution in [-0.4, -0.2) is 18.7 Å². The summed E-state index contributed by atoms with van der Waals surface area (Å²) in [6.45, 7) is 1.08. The van der Waals surface area contributed by atoms with Gasteiger partial charge in [-0.05, 0) is 22.3 Å². The van der Waals surface area contributed by atoms with Gasteiger partial charge in [0.1, 0.15) is 0 Å². The molecule has 1 aliphatic heterocycles. The summed E-state index contributed by atoms with van der Waals surface area (Å²) in [5.74, 6) is 0. The molecular weight excluding hydrogens is 348 g/mol. The van der Waals surface area contributed by atoms with Crippen LogP contribution in [-0.2, 0) is 17.8 Å². The van der Waals surface area contributed by atoms with E-state index in [-0.39, 0.29) is 18.2 Å². The lowest BCUT2D eigenvalue weighted by atomic mass is 9.99. The predicted molar refractivity (Wildman–Crippen MR) is 110 cm³/mol. The summed E-state index contributed by atoms with van der Waals surface area (Å²) < 4.78 is 5.89. The molecule has 0 aliphatic carbocycles. The molecule has 142 valence electrons. The number of carbonyl (C=O) groups is 1. The zero-order valence-electron chi connectivity index (χ0n) is 15.7. The molecule has 3 aromatic rings. The summed E-state index contributed by atoms with van der Waals surface area (Å²) in [6, 6.07) is 27.9. The number of fused-ring (bicyclic) bond motifs is 1. The zero-order chi connectivity index (χ0) is 19.2. The molecule has 28 heavy (non-hydrogen) atoms. The van der Waals surface area contributed by atoms with Crippen LogP contribution in [0, 0.1) is 0 Å². The predicted octanol–water partition coefficient (Wildman–Crippen LogP) is 4.22. The first-order valence-electron chi connectivity index (χ1n) is 9.62. The number of benzene rings is 3. The van der Waals surface area contributed by atoms with Gasteiger partial charge < -0.3 is 15.4 Å². The Morgan fingerprint density at radius 2 is 1.43 bits per heavy atom. The summed E-state index contributed by atoms with van der Waals surface area (Å²) in [5, 5.41) is 6.08. The van der Waals surface area contributed by atoms with Crippen LogP contribution < -0.4 is 10.6 Å². The molecule has 3 aromatic carbocycles. The van der Waals surface area contributed by atoms with Gasteiger partial charge in [0.25, 0.3) is 0 Å². The van der Waals surface area contributed by atoms with E-state index < -0.39 is 0 Å². The van der Waals surface area contributed by atoms with Crippen molar-refractivity contribution in [2.75, 3.05) is 6.54 Å². The normalized spacial score (nSPS) is 15.7. The molecule has 2 amide bonds. The molecule has 0 aromatic heterocycles. The number of rotatable bonds is 5. The summed E-state index contributed by atoms with van der Waals surface area (Å²) in [5.41, 5.74) is 4.63. The summed E-state index contributed by atoms with van der Waals surface area (Å²) >= 11 is 0. The van der Waals surface area contributed by atoms with Gasteiger partial charge >= 0.3 is 6.03 Å². The minimum Gasteiger partial charge on any atom is -0.371 e. The van der Waals surface area contributed by atoms with E-state index in [1.54, 1.807) is 0 Å². The lowest BCUT2D eigenvalue weighted by molar-refractivity contribution is 0.0305. The second kappa shape index (κ2) is 8.72. The van der Waals surface area contributed by atoms with Gasteiger partial charge in [-0.3, -0.25) is 0 Å². The van der Waals surface area contributed by atoms with E-state index in [1.165, 1.54) is 11.1 Å². The van der Waals surface area contributed by atoms with Crippen LogP contribution in [0.25, 0.3) is 0 Å². The lowest BCUT2D eigenvalue weighted by Crippen LogP contribution is -2.43. The van der Waals surface area contributed by atoms with E-state index in [9.17, 15) is 4.79 Å². The standard InChI is InChI=1S/C24H24N2O2/c27-24(25-16-22-15-20-13-7-8-14-21(20)17-28-22)26-23(18-9-3-1-4-10-18)19-11-5-2-6-12-19/h1-14,22-23H,15-17H2,(H2,25,26,27). The smallest absolute Gasteiger partial charge is 0.315 e. The number of carbonyl (C=O) groups excluding carboxylic acids is 1. The van der Waals surface area contributed by atoms with E-state index in [4.69, 9.17) is 4.74 Å². The quantitative estimate of drug-likeness (QED) is 0.705. The topological polar surface area (TPSA) is 50.4 Å². The number of nitrogens with one attached hydrogen (secondary N) is 2. The lowest BCUT2D eigenvalue weighted by Gasteiger charge is -2.26. The van der Waals surface area contributed by atoms with Gasteiger partial charge in [0, 0.05) is 13.0 Å². The van der Waals surface area contributed by atoms with Crippen molar-refractivity contribution in [3.05, 3.63) is 107 Å². The Bertz CT molecular complexity index is 873. The van der Waals surface area contributed by atoms with E-state index >= 15 is 0 Å². The number of hydrogen-bond acceptors (Lipinski definition) is 2. The summed E-state index contributed by atoms with van der Waals surface area (Å²) in [7, 11) is 0. The summed E-state index contributed by atoms with van der Waals surface area (Å²) in [6.07, 6.45) is 0.810. The van der Waals surface area contributed by atoms with Crippen LogP contribution in [0.5, 0.6) is 0 Å². The van der Waals surface area contributed by atoms with E-state index in [0.717, 1.165) is 17.5 Å². The molecule has 0 saturated heterocycles. The third-order valence-electron chi connectivity index (χ3n) is 5.07. The SMILES string of the molecule is O=C(NCC1Cc2ccccc2CO1)NC(c1ccccc1)c1ccccc1. The molecular formula is C24H24N2O2. The molecule has 1 heterocycles. The largest absolute Gasteiger partial charge is 0.371 e. The molecule has 1 unspecified atom stereocenters. The van der Waals surface area contributed by atoms with Crippen molar-refractivity contribution in [2.24, 2.45) is 0 Å². The van der Waals surface area contributed by atoms with Crippen molar-refractivity contribution in [2.45, 2.75) is 25.2 Å². The molecule has 0 radical (unpaired) electrons. The third-order valence-corrected chi connectivity index (χ3v) is 5.07. The second-order valence-electron chi connectivity index (χ2n) is 7.01. The molecule has 2 N–H and O–H groups in total. The molecule has 4 rings (SSSR count). The molecule has 0 spiro atoms. The highest BCUT2D eigenvalue weighted by atomic mass is 16.5. The number of urea groups is 1. The van der Waals surface area contributed by atoms with Gasteiger partial charge in [-0.15, -0.1) is 0 Å². The Hall–Kier alpha value is -3.11. The fourth-order valence-electron chi connectivity index (χ4n) is 3.58. The van der Waals surface area contributed by atoms with Crippen molar-refractivity contribution >= 4 is 6.03 Å². The average Bonchev–Trinajstić information content (AvgIpc) is 2.77. The van der Waals surface area contributed by atoms with Crippen LogP contribution in [0.2, 0.25) is 0 Å². The maximum Gasteiger partial charge on any atom is 0.315 e. The van der Waals surface area contributed by atoms with Gasteiger partial charge in [0.2, 0.25) is 0 Å². The van der Waals surface area contributed by atoms with Gasteiger partial charge in [0.15, 0.2) is 0 Å². The van der Waals surface area contributed by atoms with Gasteiger partial charge in [-0.2, -0.15) is 0 Å². The van der Waals surface area contributed by atoms with Crippen LogP contribution in [0.3, 0.4) is 0 Å². The third kappa shape index (κ3) is 4.41. The van der Waals surface area contributed by atoms with Gasteiger partial charge in [-0.1, -0.05) is 84.9 Å².